The maximum atomic E-state index is 12.4. The zero-order valence-corrected chi connectivity index (χ0v) is 14.3. The van der Waals surface area contributed by atoms with Gasteiger partial charge in [0.05, 0.1) is 20.9 Å². The number of ether oxygens (including phenoxy) is 2. The number of nitrogens with zero attached hydrogens (tertiary/aromatic N) is 4. The lowest BCUT2D eigenvalue weighted by atomic mass is 9.99. The molecular weight excluding hydrogens is 320 g/mol. The SMILES string of the molecule is COc1cc2c(cc1OC)CN(Cn1nc3ccccn3c1=O)CC2. The van der Waals surface area contributed by atoms with Crippen LogP contribution in [0.2, 0.25) is 0 Å². The van der Waals surface area contributed by atoms with Crippen LogP contribution in [0.4, 0.5) is 0 Å². The van der Waals surface area contributed by atoms with Crippen molar-refractivity contribution >= 4 is 5.65 Å². The van der Waals surface area contributed by atoms with E-state index in [1.54, 1.807) is 24.8 Å². The Bertz CT molecular complexity index is 976. The summed E-state index contributed by atoms with van der Waals surface area (Å²) in [7, 11) is 3.29. The van der Waals surface area contributed by atoms with E-state index in [0.29, 0.717) is 12.3 Å². The summed E-state index contributed by atoms with van der Waals surface area (Å²) in [6.45, 7) is 2.08. The number of methoxy groups -OCH3 is 2. The van der Waals surface area contributed by atoms with Crippen LogP contribution in [0.3, 0.4) is 0 Å². The lowest BCUT2D eigenvalue weighted by Gasteiger charge is -2.28. The minimum atomic E-state index is -0.117. The molecule has 3 heterocycles. The third-order valence-corrected chi connectivity index (χ3v) is 4.62. The molecule has 0 bridgehead atoms. The molecule has 7 nitrogen and oxygen atoms in total. The molecule has 1 aromatic carbocycles. The molecule has 0 saturated carbocycles. The predicted octanol–water partition coefficient (Wildman–Crippen LogP) is 1.53. The van der Waals surface area contributed by atoms with Gasteiger partial charge in [-0.3, -0.25) is 9.30 Å². The molecule has 130 valence electrons. The molecule has 0 unspecified atom stereocenters. The Morgan fingerprint density at radius 3 is 2.60 bits per heavy atom. The van der Waals surface area contributed by atoms with E-state index in [-0.39, 0.29) is 5.69 Å². The Kier molecular flexibility index (Phi) is 3.93. The van der Waals surface area contributed by atoms with E-state index < -0.39 is 0 Å². The van der Waals surface area contributed by atoms with Gasteiger partial charge < -0.3 is 9.47 Å². The van der Waals surface area contributed by atoms with Crippen molar-refractivity contribution in [3.8, 4) is 11.5 Å². The lowest BCUT2D eigenvalue weighted by Crippen LogP contribution is -2.36. The second kappa shape index (κ2) is 6.25. The monoisotopic (exact) mass is 340 g/mol. The molecule has 0 fully saturated rings. The van der Waals surface area contributed by atoms with Crippen LogP contribution in [0, 0.1) is 0 Å². The van der Waals surface area contributed by atoms with Crippen LogP contribution in [-0.2, 0) is 19.6 Å². The second-order valence-electron chi connectivity index (χ2n) is 6.13. The van der Waals surface area contributed by atoms with E-state index in [2.05, 4.69) is 10.00 Å². The van der Waals surface area contributed by atoms with Crippen molar-refractivity contribution in [3.05, 3.63) is 58.1 Å². The maximum Gasteiger partial charge on any atom is 0.351 e. The largest absolute Gasteiger partial charge is 0.493 e. The number of fused-ring (bicyclic) bond motifs is 2. The van der Waals surface area contributed by atoms with Crippen LogP contribution in [0.5, 0.6) is 11.5 Å². The highest BCUT2D eigenvalue weighted by Crippen LogP contribution is 2.33. The van der Waals surface area contributed by atoms with Crippen LogP contribution in [-0.4, -0.2) is 39.8 Å². The van der Waals surface area contributed by atoms with Gasteiger partial charge in [-0.2, -0.15) is 4.68 Å². The summed E-state index contributed by atoms with van der Waals surface area (Å²) < 4.78 is 13.9. The number of rotatable bonds is 4. The fraction of sp³-hybridized carbons (Fsp3) is 0.333. The third-order valence-electron chi connectivity index (χ3n) is 4.62. The molecule has 1 aliphatic rings. The summed E-state index contributed by atoms with van der Waals surface area (Å²) in [5.41, 5.74) is 3.00. The molecule has 0 amide bonds. The van der Waals surface area contributed by atoms with Gasteiger partial charge in [-0.1, -0.05) is 6.07 Å². The summed E-state index contributed by atoms with van der Waals surface area (Å²) in [5.74, 6) is 1.49. The number of aromatic nitrogens is 3. The van der Waals surface area contributed by atoms with Crippen LogP contribution < -0.4 is 15.2 Å². The number of hydrogen-bond acceptors (Lipinski definition) is 5. The molecule has 3 aromatic rings. The molecular formula is C18H20N4O3. The first-order chi connectivity index (χ1) is 12.2. The third kappa shape index (κ3) is 2.76. The van der Waals surface area contributed by atoms with Gasteiger partial charge in [0.2, 0.25) is 0 Å². The minimum Gasteiger partial charge on any atom is -0.493 e. The van der Waals surface area contributed by atoms with Gasteiger partial charge in [0, 0.05) is 19.3 Å². The van der Waals surface area contributed by atoms with Crippen molar-refractivity contribution in [2.45, 2.75) is 19.6 Å². The van der Waals surface area contributed by atoms with Crippen molar-refractivity contribution in [2.75, 3.05) is 20.8 Å². The van der Waals surface area contributed by atoms with Crippen molar-refractivity contribution in [1.82, 2.24) is 19.1 Å². The van der Waals surface area contributed by atoms with Gasteiger partial charge in [0.1, 0.15) is 0 Å². The van der Waals surface area contributed by atoms with Crippen LogP contribution in [0.15, 0.2) is 41.3 Å². The Labute approximate surface area is 145 Å². The molecule has 0 radical (unpaired) electrons. The van der Waals surface area contributed by atoms with Gasteiger partial charge in [-0.05, 0) is 41.8 Å². The average molecular weight is 340 g/mol. The quantitative estimate of drug-likeness (QED) is 0.721. The second-order valence-corrected chi connectivity index (χ2v) is 6.13. The standard InChI is InChI=1S/C18H20N4O3/c1-24-15-9-13-6-8-20(11-14(13)10-16(15)25-2)12-22-18(23)21-7-4-3-5-17(21)19-22/h3-5,7,9-10H,6,8,11-12H2,1-2H3. The molecule has 0 aliphatic carbocycles. The van der Waals surface area contributed by atoms with E-state index in [0.717, 1.165) is 31.0 Å². The number of pyridine rings is 1. The Morgan fingerprint density at radius 1 is 1.12 bits per heavy atom. The summed E-state index contributed by atoms with van der Waals surface area (Å²) in [4.78, 5) is 14.6. The molecule has 25 heavy (non-hydrogen) atoms. The van der Waals surface area contributed by atoms with E-state index in [9.17, 15) is 4.79 Å². The Balaban J connectivity index is 1.59. The minimum absolute atomic E-state index is 0.117. The fourth-order valence-corrected chi connectivity index (χ4v) is 3.31. The van der Waals surface area contributed by atoms with Crippen molar-refractivity contribution in [2.24, 2.45) is 0 Å². The highest BCUT2D eigenvalue weighted by molar-refractivity contribution is 5.48. The average Bonchev–Trinajstić information content (AvgIpc) is 2.96. The molecule has 0 saturated heterocycles. The zero-order chi connectivity index (χ0) is 17.4. The molecule has 7 heteroatoms. The summed E-state index contributed by atoms with van der Waals surface area (Å²) >= 11 is 0. The summed E-state index contributed by atoms with van der Waals surface area (Å²) in [6.07, 6.45) is 2.64. The van der Waals surface area contributed by atoms with E-state index >= 15 is 0 Å². The van der Waals surface area contributed by atoms with Crippen molar-refractivity contribution in [1.29, 1.82) is 0 Å². The van der Waals surface area contributed by atoms with Crippen molar-refractivity contribution < 1.29 is 9.47 Å². The summed E-state index contributed by atoms with van der Waals surface area (Å²) in [5, 5.41) is 4.40. The number of hydrogen-bond donors (Lipinski definition) is 0. The Hall–Kier alpha value is -2.80. The summed E-state index contributed by atoms with van der Waals surface area (Å²) in [6, 6.07) is 9.61. The van der Waals surface area contributed by atoms with Crippen LogP contribution in [0.1, 0.15) is 11.1 Å². The van der Waals surface area contributed by atoms with E-state index in [1.807, 2.05) is 30.3 Å². The van der Waals surface area contributed by atoms with Crippen LogP contribution >= 0.6 is 0 Å². The molecule has 0 N–H and O–H groups in total. The first-order valence-electron chi connectivity index (χ1n) is 8.20. The number of benzene rings is 1. The first-order valence-corrected chi connectivity index (χ1v) is 8.20. The maximum absolute atomic E-state index is 12.4. The Morgan fingerprint density at radius 2 is 1.88 bits per heavy atom. The molecule has 0 spiro atoms. The first kappa shape index (κ1) is 15.7. The molecule has 4 rings (SSSR count). The predicted molar refractivity (Wildman–Crippen MR) is 93.1 cm³/mol. The zero-order valence-electron chi connectivity index (χ0n) is 14.3. The van der Waals surface area contributed by atoms with Gasteiger partial charge in [0.25, 0.3) is 0 Å². The lowest BCUT2D eigenvalue weighted by molar-refractivity contribution is 0.186. The highest BCUT2D eigenvalue weighted by Gasteiger charge is 2.20. The van der Waals surface area contributed by atoms with Gasteiger partial charge in [-0.15, -0.1) is 5.10 Å². The van der Waals surface area contributed by atoms with E-state index in [4.69, 9.17) is 9.47 Å². The van der Waals surface area contributed by atoms with Gasteiger partial charge in [-0.25, -0.2) is 4.79 Å². The smallest absolute Gasteiger partial charge is 0.351 e. The molecule has 2 aromatic heterocycles. The normalized spacial score (nSPS) is 14.5. The topological polar surface area (TPSA) is 61.0 Å². The molecule has 1 aliphatic heterocycles. The fourth-order valence-electron chi connectivity index (χ4n) is 3.31. The highest BCUT2D eigenvalue weighted by atomic mass is 16.5. The van der Waals surface area contributed by atoms with Gasteiger partial charge in [0.15, 0.2) is 17.1 Å². The molecule has 0 atom stereocenters. The van der Waals surface area contributed by atoms with Crippen LogP contribution in [0.25, 0.3) is 5.65 Å². The van der Waals surface area contributed by atoms with Gasteiger partial charge >= 0.3 is 5.69 Å². The van der Waals surface area contributed by atoms with Crippen molar-refractivity contribution in [3.63, 3.8) is 0 Å². The van der Waals surface area contributed by atoms with E-state index in [1.165, 1.54) is 15.8 Å².